The molecule has 5 heteroatoms. The van der Waals surface area contributed by atoms with E-state index in [0.717, 1.165) is 6.42 Å². The van der Waals surface area contributed by atoms with E-state index in [4.69, 9.17) is 9.52 Å². The third kappa shape index (κ3) is 4.22. The highest BCUT2D eigenvalue weighted by molar-refractivity contribution is 5.93. The molecule has 116 valence electrons. The molecule has 0 aliphatic rings. The van der Waals surface area contributed by atoms with Gasteiger partial charge in [-0.3, -0.25) is 4.79 Å². The third-order valence-electron chi connectivity index (χ3n) is 3.29. The number of carboxylic acid groups (broad SMARTS) is 1. The van der Waals surface area contributed by atoms with Crippen molar-refractivity contribution in [3.8, 4) is 0 Å². The van der Waals surface area contributed by atoms with Crippen LogP contribution in [0.15, 0.2) is 46.9 Å². The number of aromatic carboxylic acids is 1. The van der Waals surface area contributed by atoms with Crippen molar-refractivity contribution in [3.63, 3.8) is 0 Å². The molecule has 1 heterocycles. The molecule has 1 aromatic carbocycles. The van der Waals surface area contributed by atoms with E-state index in [1.165, 1.54) is 17.7 Å². The number of carboxylic acids is 1. The highest BCUT2D eigenvalue weighted by Crippen LogP contribution is 2.21. The molecule has 0 radical (unpaired) electrons. The molecule has 0 fully saturated rings. The van der Waals surface area contributed by atoms with Crippen LogP contribution in [0.2, 0.25) is 0 Å². The number of carbonyl (C=O) groups excluding carboxylic acids is 1. The topological polar surface area (TPSA) is 79.5 Å². The molecule has 0 saturated carbocycles. The molecule has 2 aromatic rings. The quantitative estimate of drug-likeness (QED) is 0.859. The Bertz CT molecular complexity index is 658. The number of hydrogen-bond acceptors (Lipinski definition) is 3. The Balaban J connectivity index is 1.93. The fourth-order valence-corrected chi connectivity index (χ4v) is 2.19. The van der Waals surface area contributed by atoms with Crippen LogP contribution in [0.3, 0.4) is 0 Å². The van der Waals surface area contributed by atoms with Gasteiger partial charge in [-0.05, 0) is 29.5 Å². The van der Waals surface area contributed by atoms with Gasteiger partial charge in [-0.2, -0.15) is 0 Å². The van der Waals surface area contributed by atoms with E-state index in [9.17, 15) is 9.59 Å². The number of hydrogen-bond donors (Lipinski definition) is 2. The van der Waals surface area contributed by atoms with Crippen molar-refractivity contribution in [2.45, 2.75) is 20.3 Å². The molecule has 1 amide bonds. The molecular formula is C17H19NO4. The average Bonchev–Trinajstić information content (AvgIpc) is 2.95. The summed E-state index contributed by atoms with van der Waals surface area (Å²) in [5, 5.41) is 11.6. The average molecular weight is 301 g/mol. The predicted octanol–water partition coefficient (Wildman–Crippen LogP) is 2.98. The van der Waals surface area contributed by atoms with Crippen LogP contribution in [0.25, 0.3) is 0 Å². The second kappa shape index (κ2) is 6.47. The molecule has 2 N–H and O–H groups in total. The van der Waals surface area contributed by atoms with Crippen molar-refractivity contribution < 1.29 is 19.1 Å². The van der Waals surface area contributed by atoms with Gasteiger partial charge >= 0.3 is 5.97 Å². The van der Waals surface area contributed by atoms with Crippen LogP contribution in [-0.4, -0.2) is 23.5 Å². The molecule has 0 saturated heterocycles. The zero-order valence-electron chi connectivity index (χ0n) is 12.6. The van der Waals surface area contributed by atoms with Crippen molar-refractivity contribution in [2.24, 2.45) is 5.41 Å². The summed E-state index contributed by atoms with van der Waals surface area (Å²) in [7, 11) is 0. The molecule has 22 heavy (non-hydrogen) atoms. The van der Waals surface area contributed by atoms with Crippen LogP contribution in [0.1, 0.15) is 40.5 Å². The van der Waals surface area contributed by atoms with Gasteiger partial charge in [0.05, 0.1) is 0 Å². The van der Waals surface area contributed by atoms with Crippen LogP contribution in [0, 0.1) is 5.41 Å². The van der Waals surface area contributed by atoms with Gasteiger partial charge in [-0.25, -0.2) is 4.79 Å². The monoisotopic (exact) mass is 301 g/mol. The minimum atomic E-state index is -1.19. The van der Waals surface area contributed by atoms with E-state index in [-0.39, 0.29) is 16.9 Å². The van der Waals surface area contributed by atoms with Gasteiger partial charge in [-0.15, -0.1) is 0 Å². The fourth-order valence-electron chi connectivity index (χ4n) is 2.19. The van der Waals surface area contributed by atoms with Gasteiger partial charge in [-0.1, -0.05) is 44.2 Å². The summed E-state index contributed by atoms with van der Waals surface area (Å²) in [5.41, 5.74) is 1.08. The van der Waals surface area contributed by atoms with Crippen LogP contribution >= 0.6 is 0 Å². The second-order valence-corrected chi connectivity index (χ2v) is 5.98. The lowest BCUT2D eigenvalue weighted by Gasteiger charge is -2.24. The Hall–Kier alpha value is -2.56. The molecule has 5 nitrogen and oxygen atoms in total. The zero-order valence-corrected chi connectivity index (χ0v) is 12.6. The lowest BCUT2D eigenvalue weighted by atomic mass is 9.85. The molecule has 2 rings (SSSR count). The van der Waals surface area contributed by atoms with Gasteiger partial charge in [0.1, 0.15) is 0 Å². The molecule has 1 aromatic heterocycles. The summed E-state index contributed by atoms with van der Waals surface area (Å²) in [6.07, 6.45) is 0.826. The van der Waals surface area contributed by atoms with E-state index in [0.29, 0.717) is 6.54 Å². The Kier molecular flexibility index (Phi) is 4.65. The number of nitrogens with one attached hydrogen (secondary N) is 1. The number of amides is 1. The van der Waals surface area contributed by atoms with Gasteiger partial charge in [0.25, 0.3) is 5.91 Å². The highest BCUT2D eigenvalue weighted by atomic mass is 16.4. The maximum Gasteiger partial charge on any atom is 0.371 e. The lowest BCUT2D eigenvalue weighted by molar-refractivity contribution is 0.0659. The summed E-state index contributed by atoms with van der Waals surface area (Å²) in [6.45, 7) is 4.58. The van der Waals surface area contributed by atoms with Crippen molar-refractivity contribution in [1.29, 1.82) is 0 Å². The summed E-state index contributed by atoms with van der Waals surface area (Å²) in [4.78, 5) is 22.7. The molecule has 0 atom stereocenters. The van der Waals surface area contributed by atoms with Crippen LogP contribution in [0.4, 0.5) is 0 Å². The Labute approximate surface area is 129 Å². The van der Waals surface area contributed by atoms with Crippen molar-refractivity contribution in [2.75, 3.05) is 6.54 Å². The summed E-state index contributed by atoms with van der Waals surface area (Å²) in [6, 6.07) is 12.7. The van der Waals surface area contributed by atoms with Gasteiger partial charge in [0, 0.05) is 6.54 Å². The Morgan fingerprint density at radius 1 is 1.09 bits per heavy atom. The largest absolute Gasteiger partial charge is 0.475 e. The summed E-state index contributed by atoms with van der Waals surface area (Å²) >= 11 is 0. The first-order chi connectivity index (χ1) is 10.4. The van der Waals surface area contributed by atoms with Crippen molar-refractivity contribution in [3.05, 3.63) is 59.5 Å². The molecule has 0 aliphatic heterocycles. The summed E-state index contributed by atoms with van der Waals surface area (Å²) < 4.78 is 4.98. The predicted molar refractivity (Wildman–Crippen MR) is 81.9 cm³/mol. The standard InChI is InChI=1S/C17H19NO4/c1-17(2,10-12-6-4-3-5-7-12)11-18-15(19)13-8-9-14(22-13)16(20)21/h3-9H,10-11H2,1-2H3,(H,18,19)(H,20,21). The van der Waals surface area contributed by atoms with Gasteiger partial charge < -0.3 is 14.8 Å². The first kappa shape index (κ1) is 15.8. The number of carbonyl (C=O) groups is 2. The Morgan fingerprint density at radius 2 is 1.73 bits per heavy atom. The Morgan fingerprint density at radius 3 is 2.32 bits per heavy atom. The van der Waals surface area contributed by atoms with Gasteiger partial charge in [0.15, 0.2) is 5.76 Å². The summed E-state index contributed by atoms with van der Waals surface area (Å²) in [5.74, 6) is -1.83. The van der Waals surface area contributed by atoms with E-state index < -0.39 is 11.9 Å². The molecule has 0 spiro atoms. The first-order valence-electron chi connectivity index (χ1n) is 7.03. The second-order valence-electron chi connectivity index (χ2n) is 5.98. The third-order valence-corrected chi connectivity index (χ3v) is 3.29. The van der Waals surface area contributed by atoms with E-state index >= 15 is 0 Å². The van der Waals surface area contributed by atoms with Crippen LogP contribution < -0.4 is 5.32 Å². The zero-order chi connectivity index (χ0) is 16.2. The minimum absolute atomic E-state index is 0.00733. The fraction of sp³-hybridized carbons (Fsp3) is 0.294. The van der Waals surface area contributed by atoms with Gasteiger partial charge in [0.2, 0.25) is 5.76 Å². The maximum absolute atomic E-state index is 12.0. The van der Waals surface area contributed by atoms with Crippen molar-refractivity contribution in [1.82, 2.24) is 5.32 Å². The SMILES string of the molecule is CC(C)(CNC(=O)c1ccc(C(=O)O)o1)Cc1ccccc1. The van der Waals surface area contributed by atoms with Crippen LogP contribution in [-0.2, 0) is 6.42 Å². The van der Waals surface area contributed by atoms with E-state index in [2.05, 4.69) is 31.3 Å². The lowest BCUT2D eigenvalue weighted by Crippen LogP contribution is -2.35. The first-order valence-corrected chi connectivity index (χ1v) is 7.03. The molecule has 0 aliphatic carbocycles. The van der Waals surface area contributed by atoms with E-state index in [1.807, 2.05) is 18.2 Å². The van der Waals surface area contributed by atoms with Crippen LogP contribution in [0.5, 0.6) is 0 Å². The van der Waals surface area contributed by atoms with Crippen molar-refractivity contribution >= 4 is 11.9 Å². The highest BCUT2D eigenvalue weighted by Gasteiger charge is 2.21. The molecule has 0 unspecified atom stereocenters. The van der Waals surface area contributed by atoms with E-state index in [1.54, 1.807) is 0 Å². The minimum Gasteiger partial charge on any atom is -0.475 e. The molecule has 0 bridgehead atoms. The molecular weight excluding hydrogens is 282 g/mol. The number of benzene rings is 1. The normalized spacial score (nSPS) is 11.2. The maximum atomic E-state index is 12.0. The number of furan rings is 1. The number of rotatable bonds is 6. The smallest absolute Gasteiger partial charge is 0.371 e.